The number of imidazole rings is 1. The summed E-state index contributed by atoms with van der Waals surface area (Å²) in [6.45, 7) is 1.53. The van der Waals surface area contributed by atoms with E-state index < -0.39 is 15.8 Å². The number of H-pyrrole nitrogens is 1. The van der Waals surface area contributed by atoms with Crippen LogP contribution in [0.15, 0.2) is 35.9 Å². The van der Waals surface area contributed by atoms with Crippen molar-refractivity contribution >= 4 is 15.5 Å². The predicted molar refractivity (Wildman–Crippen MR) is 72.5 cm³/mol. The number of nitrogens with one attached hydrogen (secondary N) is 2. The fourth-order valence-corrected chi connectivity index (χ4v) is 2.86. The van der Waals surface area contributed by atoms with Crippen molar-refractivity contribution in [1.82, 2.24) is 24.3 Å². The van der Waals surface area contributed by atoms with Crippen LogP contribution >= 0.6 is 0 Å². The summed E-state index contributed by atoms with van der Waals surface area (Å²) in [5.41, 5.74) is 1.06. The number of aromatic amines is 1. The maximum absolute atomic E-state index is 14.1. The standard InChI is InChI=1S/C12H12FN5O2S/c1-8-2-3-18-7-14-10(12(18)11(8)13)6-17-21(19,20)9-4-15-16-5-9/h2-5,7,17H,6H2,1H3,(H,15,16). The molecule has 110 valence electrons. The van der Waals surface area contributed by atoms with E-state index in [1.165, 1.54) is 23.1 Å². The number of rotatable bonds is 4. The number of pyridine rings is 1. The van der Waals surface area contributed by atoms with E-state index in [0.29, 0.717) is 11.3 Å². The Balaban J connectivity index is 1.91. The number of halogens is 1. The summed E-state index contributed by atoms with van der Waals surface area (Å²) >= 11 is 0. The summed E-state index contributed by atoms with van der Waals surface area (Å²) in [7, 11) is -3.70. The topological polar surface area (TPSA) is 92.2 Å². The molecule has 9 heteroatoms. The normalized spacial score (nSPS) is 12.1. The molecule has 0 aliphatic rings. The first-order valence-electron chi connectivity index (χ1n) is 6.08. The number of hydrogen-bond donors (Lipinski definition) is 2. The largest absolute Gasteiger partial charge is 0.303 e. The summed E-state index contributed by atoms with van der Waals surface area (Å²) in [6, 6.07) is 1.63. The third-order valence-electron chi connectivity index (χ3n) is 3.12. The molecule has 2 N–H and O–H groups in total. The van der Waals surface area contributed by atoms with Crippen molar-refractivity contribution in [2.24, 2.45) is 0 Å². The first-order valence-corrected chi connectivity index (χ1v) is 7.56. The fourth-order valence-electron chi connectivity index (χ4n) is 1.97. The maximum atomic E-state index is 14.1. The van der Waals surface area contributed by atoms with Crippen molar-refractivity contribution in [1.29, 1.82) is 0 Å². The van der Waals surface area contributed by atoms with Gasteiger partial charge >= 0.3 is 0 Å². The number of aromatic nitrogens is 4. The van der Waals surface area contributed by atoms with Crippen molar-refractivity contribution in [2.75, 3.05) is 0 Å². The average molecular weight is 309 g/mol. The highest BCUT2D eigenvalue weighted by Crippen LogP contribution is 2.18. The van der Waals surface area contributed by atoms with E-state index in [4.69, 9.17) is 0 Å². The van der Waals surface area contributed by atoms with Crippen LogP contribution in [-0.2, 0) is 16.6 Å². The van der Waals surface area contributed by atoms with E-state index in [1.807, 2.05) is 0 Å². The molecule has 0 saturated heterocycles. The molecule has 0 aromatic carbocycles. The number of aryl methyl sites for hydroxylation is 1. The molecule has 7 nitrogen and oxygen atoms in total. The first kappa shape index (κ1) is 13.7. The number of hydrogen-bond acceptors (Lipinski definition) is 4. The zero-order chi connectivity index (χ0) is 15.0. The molecule has 0 bridgehead atoms. The zero-order valence-electron chi connectivity index (χ0n) is 11.0. The summed E-state index contributed by atoms with van der Waals surface area (Å²) in [5, 5.41) is 6.01. The molecule has 3 aromatic heterocycles. The van der Waals surface area contributed by atoms with E-state index >= 15 is 0 Å². The quantitative estimate of drug-likeness (QED) is 0.751. The third-order valence-corrected chi connectivity index (χ3v) is 4.49. The van der Waals surface area contributed by atoms with E-state index in [-0.39, 0.29) is 17.0 Å². The molecular formula is C12H12FN5O2S. The zero-order valence-corrected chi connectivity index (χ0v) is 11.9. The highest BCUT2D eigenvalue weighted by atomic mass is 32.2. The van der Waals surface area contributed by atoms with Gasteiger partial charge in [0.1, 0.15) is 10.4 Å². The Morgan fingerprint density at radius 2 is 2.29 bits per heavy atom. The van der Waals surface area contributed by atoms with Crippen molar-refractivity contribution in [3.05, 3.63) is 48.1 Å². The molecule has 0 aliphatic heterocycles. The minimum atomic E-state index is -3.70. The number of sulfonamides is 1. The van der Waals surface area contributed by atoms with E-state index in [1.54, 1.807) is 19.2 Å². The van der Waals surface area contributed by atoms with Gasteiger partial charge in [0.25, 0.3) is 0 Å². The first-order chi connectivity index (χ1) is 9.99. The SMILES string of the molecule is Cc1ccn2cnc(CNS(=O)(=O)c3cn[nH]c3)c2c1F. The molecule has 0 amide bonds. The van der Waals surface area contributed by atoms with E-state index in [2.05, 4.69) is 19.9 Å². The van der Waals surface area contributed by atoms with Crippen LogP contribution < -0.4 is 4.72 Å². The summed E-state index contributed by atoms with van der Waals surface area (Å²) in [6.07, 6.45) is 5.57. The Bertz CT molecular complexity index is 886. The molecule has 0 unspecified atom stereocenters. The highest BCUT2D eigenvalue weighted by molar-refractivity contribution is 7.89. The van der Waals surface area contributed by atoms with Gasteiger partial charge in [0.2, 0.25) is 10.0 Å². The Kier molecular flexibility index (Phi) is 3.22. The van der Waals surface area contributed by atoms with Gasteiger partial charge in [0.05, 0.1) is 24.8 Å². The van der Waals surface area contributed by atoms with Gasteiger partial charge in [-0.05, 0) is 18.6 Å². The van der Waals surface area contributed by atoms with Gasteiger partial charge in [-0.3, -0.25) is 5.10 Å². The average Bonchev–Trinajstić information content (AvgIpc) is 3.10. The third kappa shape index (κ3) is 2.41. The Hall–Kier alpha value is -2.26. The van der Waals surface area contributed by atoms with Gasteiger partial charge < -0.3 is 4.40 Å². The lowest BCUT2D eigenvalue weighted by Crippen LogP contribution is -2.23. The highest BCUT2D eigenvalue weighted by Gasteiger charge is 2.17. The van der Waals surface area contributed by atoms with Crippen molar-refractivity contribution in [2.45, 2.75) is 18.4 Å². The van der Waals surface area contributed by atoms with Gasteiger partial charge in [-0.25, -0.2) is 22.5 Å². The molecule has 0 saturated carbocycles. The molecule has 0 atom stereocenters. The molecular weight excluding hydrogens is 297 g/mol. The molecule has 3 aromatic rings. The predicted octanol–water partition coefficient (Wildman–Crippen LogP) is 0.983. The summed E-state index contributed by atoms with van der Waals surface area (Å²) < 4.78 is 42.0. The summed E-state index contributed by atoms with van der Waals surface area (Å²) in [4.78, 5) is 4.07. The monoisotopic (exact) mass is 309 g/mol. The minimum Gasteiger partial charge on any atom is -0.303 e. The van der Waals surface area contributed by atoms with Gasteiger partial charge in [-0.1, -0.05) is 0 Å². The lowest BCUT2D eigenvalue weighted by molar-refractivity contribution is 0.580. The van der Waals surface area contributed by atoms with Crippen LogP contribution in [0.3, 0.4) is 0 Å². The lowest BCUT2D eigenvalue weighted by atomic mass is 10.2. The van der Waals surface area contributed by atoms with Crippen LogP contribution in [0, 0.1) is 12.7 Å². The van der Waals surface area contributed by atoms with Gasteiger partial charge in [0, 0.05) is 12.4 Å². The molecule has 21 heavy (non-hydrogen) atoms. The number of fused-ring (bicyclic) bond motifs is 1. The van der Waals surface area contributed by atoms with Gasteiger partial charge in [-0.15, -0.1) is 0 Å². The fraction of sp³-hybridized carbons (Fsp3) is 0.167. The van der Waals surface area contributed by atoms with Crippen LogP contribution in [0.25, 0.3) is 5.52 Å². The van der Waals surface area contributed by atoms with Crippen LogP contribution in [0.2, 0.25) is 0 Å². The van der Waals surface area contributed by atoms with Gasteiger partial charge in [0.15, 0.2) is 5.82 Å². The molecule has 0 radical (unpaired) electrons. The lowest BCUT2D eigenvalue weighted by Gasteiger charge is -2.05. The number of nitrogens with zero attached hydrogens (tertiary/aromatic N) is 3. The molecule has 0 aliphatic carbocycles. The Morgan fingerprint density at radius 1 is 1.48 bits per heavy atom. The van der Waals surface area contributed by atoms with Crippen LogP contribution in [0.4, 0.5) is 4.39 Å². The van der Waals surface area contributed by atoms with E-state index in [9.17, 15) is 12.8 Å². The molecule has 3 heterocycles. The minimum absolute atomic E-state index is 0.0164. The molecule has 0 spiro atoms. The summed E-state index contributed by atoms with van der Waals surface area (Å²) in [5.74, 6) is -0.410. The Labute approximate surface area is 119 Å². The van der Waals surface area contributed by atoms with Crippen molar-refractivity contribution in [3.8, 4) is 0 Å². The van der Waals surface area contributed by atoms with E-state index in [0.717, 1.165) is 0 Å². The maximum Gasteiger partial charge on any atom is 0.244 e. The van der Waals surface area contributed by atoms with Crippen molar-refractivity contribution in [3.63, 3.8) is 0 Å². The second kappa shape index (κ2) is 4.93. The van der Waals surface area contributed by atoms with Gasteiger partial charge in [-0.2, -0.15) is 5.10 Å². The smallest absolute Gasteiger partial charge is 0.244 e. The van der Waals surface area contributed by atoms with Crippen LogP contribution in [0.5, 0.6) is 0 Å². The second-order valence-corrected chi connectivity index (χ2v) is 6.29. The molecule has 0 fully saturated rings. The molecule has 3 rings (SSSR count). The van der Waals surface area contributed by atoms with Crippen LogP contribution in [-0.4, -0.2) is 28.0 Å². The van der Waals surface area contributed by atoms with Crippen LogP contribution in [0.1, 0.15) is 11.3 Å². The second-order valence-electron chi connectivity index (χ2n) is 4.52. The van der Waals surface area contributed by atoms with Crippen molar-refractivity contribution < 1.29 is 12.8 Å². The Morgan fingerprint density at radius 3 is 3.00 bits per heavy atom.